The van der Waals surface area contributed by atoms with Gasteiger partial charge in [0.1, 0.15) is 6.54 Å². The first kappa shape index (κ1) is 21.6. The molecule has 1 saturated heterocycles. The number of nitrogens with one attached hydrogen (secondary N) is 2. The molecule has 11 heteroatoms. The summed E-state index contributed by atoms with van der Waals surface area (Å²) >= 11 is 0. The molecule has 0 amide bonds. The van der Waals surface area contributed by atoms with E-state index in [9.17, 15) is 4.39 Å². The Morgan fingerprint density at radius 3 is 2.56 bits per heavy atom. The van der Waals surface area contributed by atoms with Crippen LogP contribution >= 0.6 is 0 Å². The molecule has 5 rings (SSSR count). The predicted molar refractivity (Wildman–Crippen MR) is 125 cm³/mol. The molecule has 0 atom stereocenters. The van der Waals surface area contributed by atoms with Gasteiger partial charge in [0.05, 0.1) is 42.7 Å². The number of benzene rings is 1. The van der Waals surface area contributed by atoms with E-state index in [0.717, 1.165) is 34.5 Å². The molecule has 1 fully saturated rings. The van der Waals surface area contributed by atoms with Crippen molar-refractivity contribution in [2.45, 2.75) is 6.54 Å². The van der Waals surface area contributed by atoms with Crippen LogP contribution in [0.5, 0.6) is 0 Å². The van der Waals surface area contributed by atoms with E-state index in [1.807, 2.05) is 47.4 Å². The molecule has 1 aliphatic rings. The van der Waals surface area contributed by atoms with Crippen LogP contribution < -0.4 is 10.2 Å². The van der Waals surface area contributed by atoms with Crippen LogP contribution in [0.3, 0.4) is 0 Å². The van der Waals surface area contributed by atoms with Crippen molar-refractivity contribution >= 4 is 23.1 Å². The number of hydrogen-bond acceptors (Lipinski definition) is 9. The maximum absolute atomic E-state index is 14.1. The number of nitrogens with zero attached hydrogens (tertiary/aromatic N) is 7. The number of anilines is 3. The molecule has 0 radical (unpaired) electrons. The van der Waals surface area contributed by atoms with Gasteiger partial charge in [-0.25, -0.2) is 9.37 Å². The standard InChI is InChI=1S/C23H22FN9O/c24-20-15-26-23(30-22(20)33-9-11-34-12-10-33)32-28-14-18-5-6-19(13-25-18)29-17-3-1-16(2-4-17)21-7-8-27-31-21/h1-8,13,15,29H,9-12,14H2,(H,27,31). The summed E-state index contributed by atoms with van der Waals surface area (Å²) in [7, 11) is 0. The number of morpholine rings is 1. The third-order valence-corrected chi connectivity index (χ3v) is 5.23. The van der Waals surface area contributed by atoms with E-state index in [-0.39, 0.29) is 18.3 Å². The smallest absolute Gasteiger partial charge is 0.270 e. The van der Waals surface area contributed by atoms with Crippen LogP contribution in [0.1, 0.15) is 5.69 Å². The first-order valence-corrected chi connectivity index (χ1v) is 10.8. The molecule has 0 saturated carbocycles. The number of ether oxygens (including phenoxy) is 1. The summed E-state index contributed by atoms with van der Waals surface area (Å²) in [5.74, 6) is -0.153. The second-order valence-electron chi connectivity index (χ2n) is 7.55. The van der Waals surface area contributed by atoms with E-state index in [0.29, 0.717) is 26.3 Å². The molecule has 3 aromatic heterocycles. The second-order valence-corrected chi connectivity index (χ2v) is 7.55. The molecule has 172 valence electrons. The van der Waals surface area contributed by atoms with Crippen molar-refractivity contribution < 1.29 is 9.13 Å². The summed E-state index contributed by atoms with van der Waals surface area (Å²) in [6.07, 6.45) is 4.58. The maximum Gasteiger partial charge on any atom is 0.270 e. The van der Waals surface area contributed by atoms with Gasteiger partial charge in [-0.05, 0) is 35.9 Å². The number of azo groups is 1. The average molecular weight is 459 g/mol. The van der Waals surface area contributed by atoms with Gasteiger partial charge in [0.2, 0.25) is 0 Å². The Kier molecular flexibility index (Phi) is 6.43. The van der Waals surface area contributed by atoms with Crippen LogP contribution in [0.25, 0.3) is 11.3 Å². The van der Waals surface area contributed by atoms with Gasteiger partial charge in [-0.2, -0.15) is 15.2 Å². The zero-order valence-electron chi connectivity index (χ0n) is 18.2. The highest BCUT2D eigenvalue weighted by atomic mass is 19.1. The lowest BCUT2D eigenvalue weighted by atomic mass is 10.1. The van der Waals surface area contributed by atoms with E-state index in [1.54, 1.807) is 12.4 Å². The number of aromatic nitrogens is 5. The van der Waals surface area contributed by atoms with E-state index >= 15 is 0 Å². The highest BCUT2D eigenvalue weighted by Gasteiger charge is 2.17. The van der Waals surface area contributed by atoms with Gasteiger partial charge < -0.3 is 15.0 Å². The number of halogens is 1. The monoisotopic (exact) mass is 459 g/mol. The molecule has 34 heavy (non-hydrogen) atoms. The first-order valence-electron chi connectivity index (χ1n) is 10.8. The molecule has 1 aliphatic heterocycles. The Morgan fingerprint density at radius 1 is 1.00 bits per heavy atom. The Bertz CT molecular complexity index is 1240. The van der Waals surface area contributed by atoms with Gasteiger partial charge in [-0.3, -0.25) is 10.1 Å². The van der Waals surface area contributed by atoms with E-state index in [1.165, 1.54) is 0 Å². The van der Waals surface area contributed by atoms with Crippen LogP contribution in [-0.4, -0.2) is 51.5 Å². The van der Waals surface area contributed by atoms with Crippen molar-refractivity contribution in [2.24, 2.45) is 10.2 Å². The van der Waals surface area contributed by atoms with Crippen LogP contribution in [0.15, 0.2) is 71.3 Å². The fourth-order valence-electron chi connectivity index (χ4n) is 3.47. The summed E-state index contributed by atoms with van der Waals surface area (Å²) in [5, 5.41) is 18.4. The summed E-state index contributed by atoms with van der Waals surface area (Å²) in [5.41, 5.74) is 4.56. The zero-order chi connectivity index (χ0) is 23.2. The van der Waals surface area contributed by atoms with E-state index in [4.69, 9.17) is 4.74 Å². The minimum absolute atomic E-state index is 0.111. The zero-order valence-corrected chi connectivity index (χ0v) is 18.2. The van der Waals surface area contributed by atoms with Gasteiger partial charge in [-0.1, -0.05) is 12.1 Å². The molecular formula is C23H22FN9O. The third kappa shape index (κ3) is 5.21. The molecule has 0 spiro atoms. The quantitative estimate of drug-likeness (QED) is 0.397. The lowest BCUT2D eigenvalue weighted by Crippen LogP contribution is -2.37. The van der Waals surface area contributed by atoms with Crippen molar-refractivity contribution in [3.63, 3.8) is 0 Å². The number of rotatable bonds is 7. The van der Waals surface area contributed by atoms with Crippen molar-refractivity contribution in [3.8, 4) is 11.3 Å². The minimum atomic E-state index is -0.485. The molecule has 4 aromatic rings. The average Bonchev–Trinajstić information content (AvgIpc) is 3.42. The fraction of sp³-hybridized carbons (Fsp3) is 0.217. The second kappa shape index (κ2) is 10.1. The fourth-order valence-corrected chi connectivity index (χ4v) is 3.47. The Balaban J connectivity index is 1.18. The van der Waals surface area contributed by atoms with Gasteiger partial charge in [-0.15, -0.1) is 5.11 Å². The van der Waals surface area contributed by atoms with Gasteiger partial charge in [0.15, 0.2) is 11.6 Å². The summed E-state index contributed by atoms with van der Waals surface area (Å²) in [6.45, 7) is 2.47. The molecule has 0 bridgehead atoms. The summed E-state index contributed by atoms with van der Waals surface area (Å²) in [6, 6.07) is 13.7. The molecular weight excluding hydrogens is 437 g/mol. The van der Waals surface area contributed by atoms with Gasteiger partial charge in [0, 0.05) is 25.0 Å². The predicted octanol–water partition coefficient (Wildman–Crippen LogP) is 4.26. The first-order chi connectivity index (χ1) is 16.7. The molecule has 10 nitrogen and oxygen atoms in total. The Morgan fingerprint density at radius 2 is 1.82 bits per heavy atom. The van der Waals surface area contributed by atoms with Crippen molar-refractivity contribution in [3.05, 3.63) is 72.6 Å². The number of H-pyrrole nitrogens is 1. The van der Waals surface area contributed by atoms with Crippen LogP contribution in [-0.2, 0) is 11.3 Å². The number of hydrogen-bond donors (Lipinski definition) is 2. The topological polar surface area (TPSA) is 117 Å². The van der Waals surface area contributed by atoms with Gasteiger partial charge in [0.25, 0.3) is 5.95 Å². The molecule has 1 aromatic carbocycles. The minimum Gasteiger partial charge on any atom is -0.378 e. The Hall–Kier alpha value is -4.25. The van der Waals surface area contributed by atoms with Crippen LogP contribution in [0.2, 0.25) is 0 Å². The van der Waals surface area contributed by atoms with Crippen molar-refractivity contribution in [2.75, 3.05) is 36.5 Å². The number of aromatic amines is 1. The van der Waals surface area contributed by atoms with E-state index in [2.05, 4.69) is 40.7 Å². The molecule has 4 heterocycles. The van der Waals surface area contributed by atoms with Crippen LogP contribution in [0.4, 0.5) is 27.5 Å². The molecule has 0 unspecified atom stereocenters. The highest BCUT2D eigenvalue weighted by Crippen LogP contribution is 2.22. The lowest BCUT2D eigenvalue weighted by molar-refractivity contribution is 0.122. The normalized spacial score (nSPS) is 14.0. The summed E-state index contributed by atoms with van der Waals surface area (Å²) < 4.78 is 19.4. The lowest BCUT2D eigenvalue weighted by Gasteiger charge is -2.27. The maximum atomic E-state index is 14.1. The van der Waals surface area contributed by atoms with Crippen molar-refractivity contribution in [1.29, 1.82) is 0 Å². The molecule has 0 aliphatic carbocycles. The van der Waals surface area contributed by atoms with Crippen LogP contribution in [0, 0.1) is 5.82 Å². The number of pyridine rings is 1. The summed E-state index contributed by atoms with van der Waals surface area (Å²) in [4.78, 5) is 14.3. The third-order valence-electron chi connectivity index (χ3n) is 5.23. The SMILES string of the molecule is Fc1cnc(N=NCc2ccc(Nc3ccc(-c4ccn[nH]4)cc3)cn2)nc1N1CCOCC1. The van der Waals surface area contributed by atoms with Gasteiger partial charge >= 0.3 is 0 Å². The largest absolute Gasteiger partial charge is 0.378 e. The van der Waals surface area contributed by atoms with Crippen molar-refractivity contribution in [1.82, 2.24) is 25.1 Å². The highest BCUT2D eigenvalue weighted by molar-refractivity contribution is 5.65. The van der Waals surface area contributed by atoms with E-state index < -0.39 is 5.82 Å². The molecule has 2 N–H and O–H groups in total. The Labute approximate surface area is 195 Å².